The standard InChI is InChI=1S/C55H33N5O2/c1-2-14-33-31-47-41(29-32(33)13-1)37-17-5-8-20-43(37)59(47)46-27-26-40(52-51(46)39-19-7-12-24-49(39)62-52)54-56-53(34-25-28-50-42(30-34)38-18-6-11-23-48(38)61-50)57-55(58-54)60-44-21-9-3-15-35(44)36-16-4-10-22-45(36)60/h1-26,28-31,46H,27H2. The molecule has 7 nitrogen and oxygen atoms in total. The Kier molecular flexibility index (Phi) is 6.82. The van der Waals surface area contributed by atoms with Crippen LogP contribution in [0.3, 0.4) is 0 Å². The van der Waals surface area contributed by atoms with Gasteiger partial charge in [-0.3, -0.25) is 4.57 Å². The lowest BCUT2D eigenvalue weighted by molar-refractivity contribution is 0.556. The second-order valence-electron chi connectivity index (χ2n) is 16.3. The number of fused-ring (bicyclic) bond motifs is 13. The largest absolute Gasteiger partial charge is 0.456 e. The van der Waals surface area contributed by atoms with Crippen LogP contribution >= 0.6 is 0 Å². The van der Waals surface area contributed by atoms with Gasteiger partial charge in [0.2, 0.25) is 5.95 Å². The third-order valence-electron chi connectivity index (χ3n) is 12.9. The zero-order valence-corrected chi connectivity index (χ0v) is 33.2. The van der Waals surface area contributed by atoms with Gasteiger partial charge >= 0.3 is 0 Å². The number of para-hydroxylation sites is 5. The molecule has 1 aliphatic rings. The van der Waals surface area contributed by atoms with Crippen molar-refractivity contribution in [3.05, 3.63) is 199 Å². The van der Waals surface area contributed by atoms with Gasteiger partial charge in [-0.05, 0) is 77.9 Å². The Hall–Kier alpha value is -8.29. The highest BCUT2D eigenvalue weighted by atomic mass is 16.3. The summed E-state index contributed by atoms with van der Waals surface area (Å²) in [7, 11) is 0. The molecule has 7 heteroatoms. The molecule has 0 aliphatic heterocycles. The minimum absolute atomic E-state index is 0.0594. The second-order valence-corrected chi connectivity index (χ2v) is 16.3. The highest BCUT2D eigenvalue weighted by Gasteiger charge is 2.33. The molecular formula is C55H33N5O2. The molecule has 5 aromatic heterocycles. The quantitative estimate of drug-likeness (QED) is 0.177. The van der Waals surface area contributed by atoms with E-state index in [2.05, 4.69) is 155 Å². The molecule has 13 aromatic rings. The SMILES string of the molecule is C1=C(c2nc(-c3ccc4oc5ccccc5c4c3)nc(-n3c4ccccc4c4ccccc43)n2)c2oc3ccccc3c2C(n2c3ccccc3c3cc4ccccc4cc32)C1. The van der Waals surface area contributed by atoms with Gasteiger partial charge in [0.15, 0.2) is 11.6 Å². The smallest absolute Gasteiger partial charge is 0.238 e. The van der Waals surface area contributed by atoms with Crippen LogP contribution < -0.4 is 0 Å². The van der Waals surface area contributed by atoms with Crippen molar-refractivity contribution in [2.75, 3.05) is 0 Å². The van der Waals surface area contributed by atoms with Crippen LogP contribution in [0.2, 0.25) is 0 Å². The molecule has 0 saturated heterocycles. The zero-order valence-electron chi connectivity index (χ0n) is 33.2. The average Bonchev–Trinajstić information content (AvgIpc) is 4.08. The van der Waals surface area contributed by atoms with Crippen molar-refractivity contribution in [2.45, 2.75) is 12.5 Å². The summed E-state index contributed by atoms with van der Waals surface area (Å²) < 4.78 is 17.9. The molecule has 14 rings (SSSR count). The summed E-state index contributed by atoms with van der Waals surface area (Å²) in [6.45, 7) is 0. The molecular weight excluding hydrogens is 763 g/mol. The van der Waals surface area contributed by atoms with E-state index in [1.807, 2.05) is 36.4 Å². The van der Waals surface area contributed by atoms with E-state index in [4.69, 9.17) is 23.8 Å². The third kappa shape index (κ3) is 4.73. The maximum absolute atomic E-state index is 6.99. The molecule has 1 unspecified atom stereocenters. The second kappa shape index (κ2) is 12.6. The highest BCUT2D eigenvalue weighted by molar-refractivity contribution is 6.13. The van der Waals surface area contributed by atoms with E-state index in [1.165, 1.54) is 32.6 Å². The number of furan rings is 2. The van der Waals surface area contributed by atoms with E-state index in [0.717, 1.165) is 77.2 Å². The summed E-state index contributed by atoms with van der Waals surface area (Å²) in [6.07, 6.45) is 2.98. The molecule has 0 saturated carbocycles. The summed E-state index contributed by atoms with van der Waals surface area (Å²) in [6, 6.07) is 61.7. The number of benzene rings is 8. The molecule has 8 aromatic carbocycles. The van der Waals surface area contributed by atoms with E-state index in [-0.39, 0.29) is 6.04 Å². The summed E-state index contributed by atoms with van der Waals surface area (Å²) in [4.78, 5) is 16.1. The molecule has 62 heavy (non-hydrogen) atoms. The Bertz CT molecular complexity index is 4000. The maximum atomic E-state index is 6.99. The fourth-order valence-corrected chi connectivity index (χ4v) is 10.2. The summed E-state index contributed by atoms with van der Waals surface area (Å²) in [5.74, 6) is 2.43. The Morgan fingerprint density at radius 2 is 1.02 bits per heavy atom. The summed E-state index contributed by atoms with van der Waals surface area (Å²) in [5, 5.41) is 10.3. The van der Waals surface area contributed by atoms with Crippen molar-refractivity contribution in [3.8, 4) is 17.3 Å². The van der Waals surface area contributed by atoms with Crippen molar-refractivity contribution in [2.24, 2.45) is 0 Å². The van der Waals surface area contributed by atoms with Gasteiger partial charge in [-0.1, -0.05) is 121 Å². The highest BCUT2D eigenvalue weighted by Crippen LogP contribution is 2.47. The average molecular weight is 796 g/mol. The van der Waals surface area contributed by atoms with Crippen LogP contribution in [0.1, 0.15) is 29.6 Å². The van der Waals surface area contributed by atoms with Crippen LogP contribution in [0.4, 0.5) is 0 Å². The third-order valence-corrected chi connectivity index (χ3v) is 12.9. The first-order chi connectivity index (χ1) is 30.7. The number of hydrogen-bond acceptors (Lipinski definition) is 5. The first-order valence-corrected chi connectivity index (χ1v) is 21.0. The maximum Gasteiger partial charge on any atom is 0.238 e. The topological polar surface area (TPSA) is 74.8 Å². The first kappa shape index (κ1) is 33.5. The lowest BCUT2D eigenvalue weighted by Crippen LogP contribution is -2.16. The molecule has 290 valence electrons. The molecule has 0 N–H and O–H groups in total. The van der Waals surface area contributed by atoms with Crippen LogP contribution in [0.25, 0.3) is 110 Å². The van der Waals surface area contributed by atoms with Crippen molar-refractivity contribution in [1.29, 1.82) is 0 Å². The Morgan fingerprint density at radius 1 is 0.435 bits per heavy atom. The van der Waals surface area contributed by atoms with Crippen molar-refractivity contribution >= 4 is 92.9 Å². The van der Waals surface area contributed by atoms with Gasteiger partial charge in [-0.2, -0.15) is 9.97 Å². The fourth-order valence-electron chi connectivity index (χ4n) is 10.2. The van der Waals surface area contributed by atoms with Gasteiger partial charge < -0.3 is 13.4 Å². The predicted molar refractivity (Wildman–Crippen MR) is 250 cm³/mol. The summed E-state index contributed by atoms with van der Waals surface area (Å²) in [5.41, 5.74) is 9.76. The summed E-state index contributed by atoms with van der Waals surface area (Å²) >= 11 is 0. The fraction of sp³-hybridized carbons (Fsp3) is 0.0364. The van der Waals surface area contributed by atoms with Crippen LogP contribution in [0.15, 0.2) is 191 Å². The Labute approximate surface area is 353 Å². The van der Waals surface area contributed by atoms with E-state index < -0.39 is 0 Å². The van der Waals surface area contributed by atoms with E-state index in [0.29, 0.717) is 24.0 Å². The molecule has 1 aliphatic carbocycles. The lowest BCUT2D eigenvalue weighted by Gasteiger charge is -2.25. The first-order valence-electron chi connectivity index (χ1n) is 21.0. The number of rotatable bonds is 4. The molecule has 0 spiro atoms. The molecule has 1 atom stereocenters. The van der Waals surface area contributed by atoms with Crippen LogP contribution in [-0.4, -0.2) is 24.1 Å². The van der Waals surface area contributed by atoms with Crippen molar-refractivity contribution < 1.29 is 8.83 Å². The Balaban J connectivity index is 1.03. The zero-order chi connectivity index (χ0) is 40.5. The molecule has 0 amide bonds. The van der Waals surface area contributed by atoms with Gasteiger partial charge in [-0.25, -0.2) is 4.98 Å². The van der Waals surface area contributed by atoms with Crippen molar-refractivity contribution in [1.82, 2.24) is 24.1 Å². The molecule has 0 radical (unpaired) electrons. The minimum Gasteiger partial charge on any atom is -0.456 e. The minimum atomic E-state index is -0.0594. The molecule has 0 bridgehead atoms. The Morgan fingerprint density at radius 3 is 1.77 bits per heavy atom. The molecule has 5 heterocycles. The van der Waals surface area contributed by atoms with E-state index in [9.17, 15) is 0 Å². The van der Waals surface area contributed by atoms with Crippen molar-refractivity contribution in [3.63, 3.8) is 0 Å². The van der Waals surface area contributed by atoms with Crippen LogP contribution in [0.5, 0.6) is 0 Å². The molecule has 0 fully saturated rings. The number of allylic oxidation sites excluding steroid dienone is 1. The van der Waals surface area contributed by atoms with Gasteiger partial charge in [0, 0.05) is 54.3 Å². The van der Waals surface area contributed by atoms with Gasteiger partial charge in [-0.15, -0.1) is 0 Å². The van der Waals surface area contributed by atoms with Crippen LogP contribution in [0, 0.1) is 0 Å². The number of hydrogen-bond donors (Lipinski definition) is 0. The number of aromatic nitrogens is 5. The van der Waals surface area contributed by atoms with Gasteiger partial charge in [0.05, 0.1) is 28.2 Å². The lowest BCUT2D eigenvalue weighted by atomic mass is 9.90. The number of nitrogens with zero attached hydrogens (tertiary/aromatic N) is 5. The van der Waals surface area contributed by atoms with Gasteiger partial charge in [0.25, 0.3) is 0 Å². The normalized spacial score (nSPS) is 14.3. The van der Waals surface area contributed by atoms with Gasteiger partial charge in [0.1, 0.15) is 22.5 Å². The van der Waals surface area contributed by atoms with E-state index in [1.54, 1.807) is 0 Å². The monoisotopic (exact) mass is 795 g/mol. The predicted octanol–water partition coefficient (Wildman–Crippen LogP) is 14.0. The van der Waals surface area contributed by atoms with E-state index >= 15 is 0 Å². The van der Waals surface area contributed by atoms with Crippen LogP contribution in [-0.2, 0) is 0 Å².